The summed E-state index contributed by atoms with van der Waals surface area (Å²) in [5.41, 5.74) is 1.27. The van der Waals surface area contributed by atoms with E-state index in [-0.39, 0.29) is 0 Å². The summed E-state index contributed by atoms with van der Waals surface area (Å²) in [5.74, 6) is 3.09. The zero-order valence-electron chi connectivity index (χ0n) is 13.7. The fraction of sp³-hybridized carbons (Fsp3) is 0.688. The van der Waals surface area contributed by atoms with Crippen LogP contribution < -0.4 is 0 Å². The van der Waals surface area contributed by atoms with Gasteiger partial charge >= 0.3 is 0 Å². The van der Waals surface area contributed by atoms with Gasteiger partial charge in [0, 0.05) is 51.8 Å². The van der Waals surface area contributed by atoms with Crippen molar-refractivity contribution in [2.24, 2.45) is 24.8 Å². The van der Waals surface area contributed by atoms with Crippen LogP contribution in [0.2, 0.25) is 0 Å². The molecule has 2 aliphatic heterocycles. The van der Waals surface area contributed by atoms with Crippen LogP contribution in [0.1, 0.15) is 17.3 Å². The van der Waals surface area contributed by atoms with Crippen LogP contribution in [0.5, 0.6) is 0 Å². The average molecular weight is 317 g/mol. The number of hydrogen-bond acceptors (Lipinski definition) is 6. The maximum absolute atomic E-state index is 5.84. The van der Waals surface area contributed by atoms with Crippen LogP contribution in [-0.4, -0.2) is 51.2 Å². The number of rotatable bonds is 4. The van der Waals surface area contributed by atoms with E-state index in [1.165, 1.54) is 5.56 Å². The van der Waals surface area contributed by atoms with Crippen molar-refractivity contribution in [3.8, 4) is 0 Å². The molecule has 0 N–H and O–H groups in total. The van der Waals surface area contributed by atoms with Crippen molar-refractivity contribution in [1.29, 1.82) is 0 Å². The Bertz CT molecular complexity index is 667. The molecule has 0 radical (unpaired) electrons. The largest absolute Gasteiger partial charge is 0.426 e. The van der Waals surface area contributed by atoms with Crippen LogP contribution in [0.15, 0.2) is 16.8 Å². The summed E-state index contributed by atoms with van der Waals surface area (Å²) in [6.45, 7) is 6.67. The minimum Gasteiger partial charge on any atom is -0.426 e. The number of ether oxygens (including phenoxy) is 1. The molecule has 2 aromatic rings. The maximum Gasteiger partial charge on any atom is 0.216 e. The topological polar surface area (TPSA) is 69.2 Å². The Morgan fingerprint density at radius 1 is 1.26 bits per heavy atom. The molecule has 2 fully saturated rings. The second-order valence-electron chi connectivity index (χ2n) is 6.86. The first-order chi connectivity index (χ1) is 11.2. The van der Waals surface area contributed by atoms with Gasteiger partial charge in [-0.15, -0.1) is 10.2 Å². The minimum absolute atomic E-state index is 0.465. The zero-order chi connectivity index (χ0) is 15.8. The Balaban J connectivity index is 1.41. The molecule has 4 heterocycles. The highest BCUT2D eigenvalue weighted by atomic mass is 16.5. The summed E-state index contributed by atoms with van der Waals surface area (Å²) >= 11 is 0. The SMILES string of the molecule is Cc1nnc(C[C@@H]2COC[C@H]3CN(Cc4cnn(C)c4)C[C@@H]23)o1. The van der Waals surface area contributed by atoms with Gasteiger partial charge in [-0.1, -0.05) is 0 Å². The first-order valence-corrected chi connectivity index (χ1v) is 8.24. The van der Waals surface area contributed by atoms with Crippen LogP contribution in [0.25, 0.3) is 0 Å². The lowest BCUT2D eigenvalue weighted by Crippen LogP contribution is -2.36. The van der Waals surface area contributed by atoms with E-state index in [4.69, 9.17) is 9.15 Å². The van der Waals surface area contributed by atoms with E-state index in [1.807, 2.05) is 24.9 Å². The van der Waals surface area contributed by atoms with Crippen LogP contribution in [0, 0.1) is 24.7 Å². The molecule has 0 spiro atoms. The van der Waals surface area contributed by atoms with Gasteiger partial charge in [0.05, 0.1) is 19.4 Å². The Kier molecular flexibility index (Phi) is 3.90. The highest BCUT2D eigenvalue weighted by molar-refractivity contribution is 5.05. The van der Waals surface area contributed by atoms with E-state index in [9.17, 15) is 0 Å². The molecule has 2 saturated heterocycles. The molecular weight excluding hydrogens is 294 g/mol. The van der Waals surface area contributed by atoms with Gasteiger partial charge in [0.2, 0.25) is 11.8 Å². The second-order valence-corrected chi connectivity index (χ2v) is 6.86. The molecule has 2 aromatic heterocycles. The van der Waals surface area contributed by atoms with Gasteiger partial charge in [-0.3, -0.25) is 9.58 Å². The van der Waals surface area contributed by atoms with Gasteiger partial charge in [-0.2, -0.15) is 5.10 Å². The van der Waals surface area contributed by atoms with Crippen molar-refractivity contribution in [2.75, 3.05) is 26.3 Å². The lowest BCUT2D eigenvalue weighted by atomic mass is 9.81. The Morgan fingerprint density at radius 2 is 2.17 bits per heavy atom. The fourth-order valence-corrected chi connectivity index (χ4v) is 3.99. The van der Waals surface area contributed by atoms with Crippen molar-refractivity contribution in [3.63, 3.8) is 0 Å². The molecule has 0 unspecified atom stereocenters. The summed E-state index contributed by atoms with van der Waals surface area (Å²) in [4.78, 5) is 2.52. The highest BCUT2D eigenvalue weighted by Gasteiger charge is 2.41. The predicted octanol–water partition coefficient (Wildman–Crippen LogP) is 1.05. The lowest BCUT2D eigenvalue weighted by Gasteiger charge is -2.32. The summed E-state index contributed by atoms with van der Waals surface area (Å²) in [6.07, 6.45) is 4.87. The molecule has 7 heteroatoms. The molecule has 7 nitrogen and oxygen atoms in total. The maximum atomic E-state index is 5.84. The third-order valence-corrected chi connectivity index (χ3v) is 5.01. The molecule has 3 atom stereocenters. The normalized spacial score (nSPS) is 28.2. The first kappa shape index (κ1) is 14.8. The monoisotopic (exact) mass is 317 g/mol. The fourth-order valence-electron chi connectivity index (χ4n) is 3.99. The van der Waals surface area contributed by atoms with Gasteiger partial charge in [-0.25, -0.2) is 0 Å². The second kappa shape index (κ2) is 6.05. The van der Waals surface area contributed by atoms with Crippen LogP contribution in [-0.2, 0) is 24.8 Å². The Labute approximate surface area is 135 Å². The molecule has 0 saturated carbocycles. The third-order valence-electron chi connectivity index (χ3n) is 5.01. The Hall–Kier alpha value is -1.73. The summed E-state index contributed by atoms with van der Waals surface area (Å²) in [6, 6.07) is 0. The van der Waals surface area contributed by atoms with Gasteiger partial charge in [0.15, 0.2) is 0 Å². The molecule has 0 aliphatic carbocycles. The number of likely N-dealkylation sites (tertiary alicyclic amines) is 1. The van der Waals surface area contributed by atoms with Gasteiger partial charge in [0.25, 0.3) is 0 Å². The number of hydrogen-bond donors (Lipinski definition) is 0. The Morgan fingerprint density at radius 3 is 2.91 bits per heavy atom. The van der Waals surface area contributed by atoms with Crippen molar-refractivity contribution in [1.82, 2.24) is 24.9 Å². The molecule has 0 amide bonds. The number of aryl methyl sites for hydroxylation is 2. The van der Waals surface area contributed by atoms with E-state index in [2.05, 4.69) is 26.4 Å². The van der Waals surface area contributed by atoms with E-state index >= 15 is 0 Å². The van der Waals surface area contributed by atoms with E-state index in [0.29, 0.717) is 23.6 Å². The van der Waals surface area contributed by atoms with Crippen molar-refractivity contribution in [3.05, 3.63) is 29.7 Å². The summed E-state index contributed by atoms with van der Waals surface area (Å²) in [7, 11) is 1.96. The highest BCUT2D eigenvalue weighted by Crippen LogP contribution is 2.36. The number of nitrogens with zero attached hydrogens (tertiary/aromatic N) is 5. The van der Waals surface area contributed by atoms with Crippen LogP contribution >= 0.6 is 0 Å². The molecule has 4 rings (SSSR count). The molecule has 124 valence electrons. The number of aromatic nitrogens is 4. The molecular formula is C16H23N5O2. The average Bonchev–Trinajstić information content (AvgIpc) is 3.21. The van der Waals surface area contributed by atoms with Crippen molar-refractivity contribution >= 4 is 0 Å². The predicted molar refractivity (Wildman–Crippen MR) is 82.5 cm³/mol. The van der Waals surface area contributed by atoms with Crippen molar-refractivity contribution < 1.29 is 9.15 Å². The standard InChI is InChI=1S/C16H23N5O2/c1-11-18-19-16(23-11)3-13-9-22-10-14-7-21(8-15(13)14)6-12-4-17-20(2)5-12/h4-5,13-15H,3,6-10H2,1-2H3/t13-,14-,15+/m1/s1. The van der Waals surface area contributed by atoms with E-state index < -0.39 is 0 Å². The summed E-state index contributed by atoms with van der Waals surface area (Å²) in [5, 5.41) is 12.3. The van der Waals surface area contributed by atoms with Crippen LogP contribution in [0.4, 0.5) is 0 Å². The molecule has 0 aromatic carbocycles. The van der Waals surface area contributed by atoms with Crippen LogP contribution in [0.3, 0.4) is 0 Å². The van der Waals surface area contributed by atoms with E-state index in [1.54, 1.807) is 0 Å². The quantitative estimate of drug-likeness (QED) is 0.839. The van der Waals surface area contributed by atoms with E-state index in [0.717, 1.165) is 45.2 Å². The molecule has 0 bridgehead atoms. The third kappa shape index (κ3) is 3.16. The summed E-state index contributed by atoms with van der Waals surface area (Å²) < 4.78 is 13.3. The molecule has 23 heavy (non-hydrogen) atoms. The lowest BCUT2D eigenvalue weighted by molar-refractivity contribution is -0.0107. The first-order valence-electron chi connectivity index (χ1n) is 8.24. The smallest absolute Gasteiger partial charge is 0.216 e. The van der Waals surface area contributed by atoms with Gasteiger partial charge in [-0.05, 0) is 17.8 Å². The van der Waals surface area contributed by atoms with Crippen molar-refractivity contribution in [2.45, 2.75) is 19.9 Å². The van der Waals surface area contributed by atoms with Gasteiger partial charge < -0.3 is 9.15 Å². The molecule has 2 aliphatic rings. The number of fused-ring (bicyclic) bond motifs is 1. The minimum atomic E-state index is 0.465. The zero-order valence-corrected chi connectivity index (χ0v) is 13.7. The van der Waals surface area contributed by atoms with Gasteiger partial charge in [0.1, 0.15) is 0 Å².